The maximum atomic E-state index is 12.6. The first-order valence-electron chi connectivity index (χ1n) is 8.99. The van der Waals surface area contributed by atoms with Gasteiger partial charge in [0.05, 0.1) is 12.8 Å². The number of esters is 1. The van der Waals surface area contributed by atoms with Crippen molar-refractivity contribution in [1.29, 1.82) is 0 Å². The van der Waals surface area contributed by atoms with Crippen LogP contribution in [0.25, 0.3) is 0 Å². The molecule has 1 unspecified atom stereocenters. The average Bonchev–Trinajstić information content (AvgIpc) is 3.09. The molecule has 7 heteroatoms. The predicted molar refractivity (Wildman–Crippen MR) is 110 cm³/mol. The van der Waals surface area contributed by atoms with Gasteiger partial charge in [0, 0.05) is 15.8 Å². The van der Waals surface area contributed by atoms with Crippen LogP contribution in [0.1, 0.15) is 44.4 Å². The lowest BCUT2D eigenvalue weighted by atomic mass is 9.73. The van der Waals surface area contributed by atoms with E-state index in [1.807, 2.05) is 29.6 Å². The Morgan fingerprint density at radius 1 is 1.33 bits per heavy atom. The van der Waals surface area contributed by atoms with E-state index in [4.69, 9.17) is 4.74 Å². The monoisotopic (exact) mass is 450 g/mol. The zero-order valence-corrected chi connectivity index (χ0v) is 18.0. The van der Waals surface area contributed by atoms with E-state index < -0.39 is 11.4 Å². The fraction of sp³-hybridized carbons (Fsp3) is 0.450. The highest BCUT2D eigenvalue weighted by Gasteiger charge is 2.41. The van der Waals surface area contributed by atoms with E-state index in [2.05, 4.69) is 33.2 Å². The van der Waals surface area contributed by atoms with Gasteiger partial charge in [-0.15, -0.1) is 11.3 Å². The van der Waals surface area contributed by atoms with Crippen LogP contribution in [0.2, 0.25) is 0 Å². The maximum absolute atomic E-state index is 12.6. The quantitative estimate of drug-likeness (QED) is 0.644. The summed E-state index contributed by atoms with van der Waals surface area (Å²) >= 11 is 4.74. The van der Waals surface area contributed by atoms with Crippen molar-refractivity contribution >= 4 is 44.3 Å². The number of methoxy groups -OCH3 is 1. The smallest absolute Gasteiger partial charge is 0.322 e. The summed E-state index contributed by atoms with van der Waals surface area (Å²) in [5.74, 6) is 0.357. The number of carbonyl (C=O) groups excluding carboxylic acids is 2. The molecule has 0 radical (unpaired) electrons. The highest BCUT2D eigenvalue weighted by molar-refractivity contribution is 9.10. The van der Waals surface area contributed by atoms with E-state index >= 15 is 0 Å². The Labute approximate surface area is 171 Å². The molecule has 0 saturated heterocycles. The molecule has 144 valence electrons. The van der Waals surface area contributed by atoms with Crippen LogP contribution in [0.4, 0.5) is 5.13 Å². The molecule has 1 aliphatic rings. The van der Waals surface area contributed by atoms with Crippen molar-refractivity contribution in [2.45, 2.75) is 38.5 Å². The lowest BCUT2D eigenvalue weighted by Gasteiger charge is -2.33. The van der Waals surface area contributed by atoms with Crippen molar-refractivity contribution < 1.29 is 14.3 Å². The van der Waals surface area contributed by atoms with Crippen molar-refractivity contribution in [2.24, 2.45) is 11.8 Å². The van der Waals surface area contributed by atoms with E-state index in [1.165, 1.54) is 18.4 Å². The van der Waals surface area contributed by atoms with E-state index in [-0.39, 0.29) is 11.8 Å². The molecule has 0 spiro atoms. The SMILES string of the molecule is CC[C@H]1C[C@@H](C(=O)Nc2nc(C(C)(C(=O)OC)c3ccc(Br)cc3)cs2)C1. The first kappa shape index (κ1) is 20.0. The van der Waals surface area contributed by atoms with E-state index in [1.54, 1.807) is 6.92 Å². The average molecular weight is 451 g/mol. The standard InChI is InChI=1S/C20H23BrN2O3S/c1-4-12-9-13(10-12)17(24)23-19-22-16(11-27-19)20(2,18(25)26-3)14-5-7-15(21)8-6-14/h5-8,11-13H,4,9-10H2,1-3H3,(H,22,23,24)/t12-,13+,20?. The van der Waals surface area contributed by atoms with Crippen molar-refractivity contribution in [3.8, 4) is 0 Å². The molecule has 2 aromatic rings. The Kier molecular flexibility index (Phi) is 6.01. The van der Waals surface area contributed by atoms with Crippen LogP contribution in [0.3, 0.4) is 0 Å². The third-order valence-electron chi connectivity index (χ3n) is 5.45. The lowest BCUT2D eigenvalue weighted by Crippen LogP contribution is -2.36. The number of anilines is 1. The van der Waals surface area contributed by atoms with Crippen LogP contribution < -0.4 is 5.32 Å². The van der Waals surface area contributed by atoms with E-state index in [9.17, 15) is 9.59 Å². The first-order chi connectivity index (χ1) is 12.9. The number of benzene rings is 1. The third kappa shape index (κ3) is 3.94. The van der Waals surface area contributed by atoms with Gasteiger partial charge in [-0.25, -0.2) is 4.98 Å². The summed E-state index contributed by atoms with van der Waals surface area (Å²) in [6, 6.07) is 7.51. The zero-order valence-electron chi connectivity index (χ0n) is 15.6. The van der Waals surface area contributed by atoms with Crippen LogP contribution in [0, 0.1) is 11.8 Å². The van der Waals surface area contributed by atoms with E-state index in [0.717, 1.165) is 29.3 Å². The van der Waals surface area contributed by atoms with Gasteiger partial charge in [0.15, 0.2) is 5.13 Å². The minimum absolute atomic E-state index is 0.0176. The number of hydrogen-bond acceptors (Lipinski definition) is 5. The molecule has 1 fully saturated rings. The Morgan fingerprint density at radius 2 is 2.00 bits per heavy atom. The Bertz CT molecular complexity index is 830. The van der Waals surface area contributed by atoms with Crippen LogP contribution >= 0.6 is 27.3 Å². The molecular formula is C20H23BrN2O3S. The molecule has 1 saturated carbocycles. The number of ether oxygens (including phenoxy) is 1. The van der Waals surface area contributed by atoms with E-state index in [0.29, 0.717) is 16.7 Å². The highest BCUT2D eigenvalue weighted by atomic mass is 79.9. The molecule has 1 aromatic carbocycles. The van der Waals surface area contributed by atoms with Gasteiger partial charge in [0.2, 0.25) is 5.91 Å². The Morgan fingerprint density at radius 3 is 2.59 bits per heavy atom. The molecular weight excluding hydrogens is 428 g/mol. The molecule has 0 aliphatic heterocycles. The molecule has 1 aromatic heterocycles. The number of halogens is 1. The number of amides is 1. The molecule has 0 bridgehead atoms. The van der Waals surface area contributed by atoms with Gasteiger partial charge in [0.25, 0.3) is 0 Å². The van der Waals surface area contributed by atoms with Crippen molar-refractivity contribution in [2.75, 3.05) is 12.4 Å². The molecule has 1 N–H and O–H groups in total. The highest BCUT2D eigenvalue weighted by Crippen LogP contribution is 2.38. The zero-order chi connectivity index (χ0) is 19.6. The summed E-state index contributed by atoms with van der Waals surface area (Å²) in [5.41, 5.74) is 0.307. The van der Waals surface area contributed by atoms with Crippen LogP contribution in [0.5, 0.6) is 0 Å². The summed E-state index contributed by atoms with van der Waals surface area (Å²) in [4.78, 5) is 29.5. The van der Waals surface area contributed by atoms with Gasteiger partial charge in [-0.3, -0.25) is 9.59 Å². The van der Waals surface area contributed by atoms with Crippen molar-refractivity contribution in [3.05, 3.63) is 45.4 Å². The molecule has 1 aliphatic carbocycles. The normalized spacial score (nSPS) is 21.0. The molecule has 5 nitrogen and oxygen atoms in total. The van der Waals surface area contributed by atoms with Gasteiger partial charge in [-0.2, -0.15) is 0 Å². The second-order valence-electron chi connectivity index (χ2n) is 7.09. The topological polar surface area (TPSA) is 68.3 Å². The minimum Gasteiger partial charge on any atom is -0.468 e. The number of carbonyl (C=O) groups is 2. The summed E-state index contributed by atoms with van der Waals surface area (Å²) in [7, 11) is 1.37. The number of thiazole rings is 1. The molecule has 3 rings (SSSR count). The number of nitrogens with zero attached hydrogens (tertiary/aromatic N) is 1. The number of aromatic nitrogens is 1. The van der Waals surface area contributed by atoms with Gasteiger partial charge < -0.3 is 10.1 Å². The fourth-order valence-electron chi connectivity index (χ4n) is 3.41. The number of hydrogen-bond donors (Lipinski definition) is 1. The second-order valence-corrected chi connectivity index (χ2v) is 8.87. The summed E-state index contributed by atoms with van der Waals surface area (Å²) < 4.78 is 5.99. The van der Waals surface area contributed by atoms with Gasteiger partial charge in [-0.05, 0) is 43.4 Å². The van der Waals surface area contributed by atoms with Crippen LogP contribution in [-0.2, 0) is 19.7 Å². The summed E-state index contributed by atoms with van der Waals surface area (Å²) in [5, 5.41) is 5.23. The second kappa shape index (κ2) is 8.10. The third-order valence-corrected chi connectivity index (χ3v) is 6.73. The van der Waals surface area contributed by atoms with Crippen LogP contribution in [-0.4, -0.2) is 24.0 Å². The van der Waals surface area contributed by atoms with Crippen molar-refractivity contribution in [3.63, 3.8) is 0 Å². The number of nitrogens with one attached hydrogen (secondary N) is 1. The van der Waals surface area contributed by atoms with Gasteiger partial charge in [0.1, 0.15) is 5.41 Å². The van der Waals surface area contributed by atoms with Crippen molar-refractivity contribution in [1.82, 2.24) is 4.98 Å². The Hall–Kier alpha value is -1.73. The fourth-order valence-corrected chi connectivity index (χ4v) is 4.50. The molecule has 1 heterocycles. The summed E-state index contributed by atoms with van der Waals surface area (Å²) in [6.45, 7) is 3.95. The number of rotatable bonds is 6. The minimum atomic E-state index is -1.04. The largest absolute Gasteiger partial charge is 0.468 e. The summed E-state index contributed by atoms with van der Waals surface area (Å²) in [6.07, 6.45) is 3.01. The van der Waals surface area contributed by atoms with Gasteiger partial charge in [-0.1, -0.05) is 41.4 Å². The molecule has 27 heavy (non-hydrogen) atoms. The predicted octanol–water partition coefficient (Wildman–Crippen LogP) is 4.76. The molecule has 1 atom stereocenters. The molecule has 1 amide bonds. The lowest BCUT2D eigenvalue weighted by molar-refractivity contribution is -0.145. The Balaban J connectivity index is 1.81. The van der Waals surface area contributed by atoms with Crippen LogP contribution in [0.15, 0.2) is 34.1 Å². The van der Waals surface area contributed by atoms with Gasteiger partial charge >= 0.3 is 5.97 Å². The maximum Gasteiger partial charge on any atom is 0.322 e. The first-order valence-corrected chi connectivity index (χ1v) is 10.7.